The lowest BCUT2D eigenvalue weighted by molar-refractivity contribution is 0.415. The van der Waals surface area contributed by atoms with Crippen LogP contribution in [0.4, 0.5) is 5.82 Å². The summed E-state index contributed by atoms with van der Waals surface area (Å²) in [4.78, 5) is 9.14. The maximum Gasteiger partial charge on any atom is 0.150 e. The van der Waals surface area contributed by atoms with Gasteiger partial charge in [0.15, 0.2) is 5.65 Å². The van der Waals surface area contributed by atoms with E-state index < -0.39 is 0 Å². The number of nitrogens with zero attached hydrogens (tertiary/aromatic N) is 3. The molecule has 6 nitrogen and oxygen atoms in total. The number of nitrogens with one attached hydrogen (secondary N) is 1. The lowest BCUT2D eigenvalue weighted by atomic mass is 10.1. The second-order valence-corrected chi connectivity index (χ2v) is 6.83. The summed E-state index contributed by atoms with van der Waals surface area (Å²) in [5.41, 5.74) is 3.99. The molecule has 3 heterocycles. The van der Waals surface area contributed by atoms with E-state index in [1.807, 2.05) is 54.6 Å². The molecule has 2 aromatic carbocycles. The van der Waals surface area contributed by atoms with Gasteiger partial charge in [-0.05, 0) is 42.0 Å². The van der Waals surface area contributed by atoms with E-state index >= 15 is 0 Å². The Morgan fingerprint density at radius 3 is 2.53 bits per heavy atom. The Labute approximate surface area is 173 Å². The predicted octanol–water partition coefficient (Wildman–Crippen LogP) is 5.30. The number of hydrogen-bond acceptors (Lipinski definition) is 5. The van der Waals surface area contributed by atoms with E-state index in [1.165, 1.54) is 0 Å². The van der Waals surface area contributed by atoms with Crippen molar-refractivity contribution in [3.8, 4) is 22.6 Å². The van der Waals surface area contributed by atoms with E-state index in [2.05, 4.69) is 38.2 Å². The molecule has 0 radical (unpaired) electrons. The first kappa shape index (κ1) is 18.0. The van der Waals surface area contributed by atoms with Crippen LogP contribution in [0.25, 0.3) is 27.8 Å². The highest BCUT2D eigenvalue weighted by molar-refractivity contribution is 6.02. The molecule has 0 bridgehead atoms. The van der Waals surface area contributed by atoms with Gasteiger partial charge < -0.3 is 19.0 Å². The number of fused-ring (bicyclic) bond motifs is 1. The summed E-state index contributed by atoms with van der Waals surface area (Å²) < 4.78 is 12.8. The Morgan fingerprint density at radius 2 is 1.80 bits per heavy atom. The van der Waals surface area contributed by atoms with E-state index in [0.29, 0.717) is 6.54 Å². The minimum absolute atomic E-state index is 0.543. The molecule has 5 aromatic rings. The van der Waals surface area contributed by atoms with Gasteiger partial charge in [0.05, 0.1) is 25.3 Å². The van der Waals surface area contributed by atoms with Crippen molar-refractivity contribution in [1.82, 2.24) is 14.5 Å². The summed E-state index contributed by atoms with van der Waals surface area (Å²) >= 11 is 0. The molecule has 5 rings (SSSR count). The highest BCUT2D eigenvalue weighted by Gasteiger charge is 2.17. The number of methoxy groups -OCH3 is 1. The molecular formula is C24H20N4O2. The zero-order valence-electron chi connectivity index (χ0n) is 16.4. The maximum absolute atomic E-state index is 5.46. The summed E-state index contributed by atoms with van der Waals surface area (Å²) in [6.07, 6.45) is 5.36. The summed E-state index contributed by atoms with van der Waals surface area (Å²) in [5.74, 6) is 2.43. The first-order valence-electron chi connectivity index (χ1n) is 9.65. The van der Waals surface area contributed by atoms with Crippen molar-refractivity contribution in [2.75, 3.05) is 12.4 Å². The fraction of sp³-hybridized carbons (Fsp3) is 0.0833. The van der Waals surface area contributed by atoms with Gasteiger partial charge in [-0.25, -0.2) is 9.97 Å². The topological polar surface area (TPSA) is 65.1 Å². The monoisotopic (exact) mass is 396 g/mol. The van der Waals surface area contributed by atoms with E-state index in [0.717, 1.165) is 45.2 Å². The molecule has 0 saturated carbocycles. The van der Waals surface area contributed by atoms with Gasteiger partial charge >= 0.3 is 0 Å². The second kappa shape index (κ2) is 7.75. The first-order chi connectivity index (χ1) is 14.8. The van der Waals surface area contributed by atoms with E-state index in [4.69, 9.17) is 9.15 Å². The van der Waals surface area contributed by atoms with Crippen molar-refractivity contribution < 1.29 is 9.15 Å². The molecule has 0 unspecified atom stereocenters. The minimum Gasteiger partial charge on any atom is -0.497 e. The normalized spacial score (nSPS) is 11.0. The summed E-state index contributed by atoms with van der Waals surface area (Å²) in [6, 6.07) is 22.0. The van der Waals surface area contributed by atoms with Crippen molar-refractivity contribution in [1.29, 1.82) is 0 Å². The largest absolute Gasteiger partial charge is 0.497 e. The average molecular weight is 396 g/mol. The van der Waals surface area contributed by atoms with Crippen LogP contribution in [0.15, 0.2) is 89.9 Å². The fourth-order valence-corrected chi connectivity index (χ4v) is 3.56. The average Bonchev–Trinajstić information content (AvgIpc) is 3.47. The summed E-state index contributed by atoms with van der Waals surface area (Å²) in [5, 5.41) is 4.37. The third-order valence-electron chi connectivity index (χ3n) is 5.03. The molecular weight excluding hydrogens is 376 g/mol. The molecule has 30 heavy (non-hydrogen) atoms. The SMILES string of the molecule is COc1ccc(-n2cc(-c3ccccc3)c3c(NCc4ccco4)ncnc32)cc1. The molecule has 0 fully saturated rings. The lowest BCUT2D eigenvalue weighted by Gasteiger charge is -2.08. The predicted molar refractivity (Wildman–Crippen MR) is 117 cm³/mol. The zero-order chi connectivity index (χ0) is 20.3. The Hall–Kier alpha value is -4.06. The van der Waals surface area contributed by atoms with Crippen LogP contribution in [0, 0.1) is 0 Å². The van der Waals surface area contributed by atoms with Crippen LogP contribution in [0.3, 0.4) is 0 Å². The van der Waals surface area contributed by atoms with Crippen LogP contribution in [0.1, 0.15) is 5.76 Å². The van der Waals surface area contributed by atoms with Crippen molar-refractivity contribution in [3.05, 3.63) is 91.3 Å². The molecule has 148 valence electrons. The zero-order valence-corrected chi connectivity index (χ0v) is 16.4. The Bertz CT molecular complexity index is 1260. The Morgan fingerprint density at radius 1 is 0.967 bits per heavy atom. The molecule has 6 heteroatoms. The van der Waals surface area contributed by atoms with Crippen LogP contribution in [-0.4, -0.2) is 21.6 Å². The van der Waals surface area contributed by atoms with Gasteiger partial charge in [-0.3, -0.25) is 0 Å². The minimum atomic E-state index is 0.543. The molecule has 1 N–H and O–H groups in total. The smallest absolute Gasteiger partial charge is 0.150 e. The third-order valence-corrected chi connectivity index (χ3v) is 5.03. The van der Waals surface area contributed by atoms with Gasteiger partial charge in [-0.1, -0.05) is 30.3 Å². The molecule has 0 aliphatic rings. The summed E-state index contributed by atoms with van der Waals surface area (Å²) in [7, 11) is 1.66. The number of hydrogen-bond donors (Lipinski definition) is 1. The molecule has 0 spiro atoms. The summed E-state index contributed by atoms with van der Waals surface area (Å²) in [6.45, 7) is 0.543. The quantitative estimate of drug-likeness (QED) is 0.422. The standard InChI is InChI=1S/C24H20N4O2/c1-29-19-11-9-18(10-12-19)28-15-21(17-6-3-2-4-7-17)22-23(26-16-27-24(22)28)25-14-20-8-5-13-30-20/h2-13,15-16H,14H2,1H3,(H,25,26,27). The van der Waals surface area contributed by atoms with Gasteiger partial charge in [0.1, 0.15) is 23.7 Å². The van der Waals surface area contributed by atoms with Crippen molar-refractivity contribution in [2.24, 2.45) is 0 Å². The number of furan rings is 1. The maximum atomic E-state index is 5.46. The molecule has 0 saturated heterocycles. The Kier molecular flexibility index (Phi) is 4.65. The number of benzene rings is 2. The molecule has 0 aliphatic carbocycles. The van der Waals surface area contributed by atoms with Gasteiger partial charge in [0, 0.05) is 17.4 Å². The van der Waals surface area contributed by atoms with Crippen molar-refractivity contribution in [3.63, 3.8) is 0 Å². The molecule has 0 aliphatic heterocycles. The molecule has 0 amide bonds. The number of anilines is 1. The van der Waals surface area contributed by atoms with Crippen LogP contribution in [0.5, 0.6) is 5.75 Å². The lowest BCUT2D eigenvalue weighted by Crippen LogP contribution is -2.02. The van der Waals surface area contributed by atoms with Gasteiger partial charge in [-0.2, -0.15) is 0 Å². The highest BCUT2D eigenvalue weighted by Crippen LogP contribution is 2.35. The molecule has 3 aromatic heterocycles. The van der Waals surface area contributed by atoms with Gasteiger partial charge in [0.2, 0.25) is 0 Å². The van der Waals surface area contributed by atoms with Crippen LogP contribution >= 0.6 is 0 Å². The number of rotatable bonds is 6. The molecule has 0 atom stereocenters. The second-order valence-electron chi connectivity index (χ2n) is 6.83. The first-order valence-corrected chi connectivity index (χ1v) is 9.65. The highest BCUT2D eigenvalue weighted by atomic mass is 16.5. The van der Waals surface area contributed by atoms with Crippen LogP contribution in [0.2, 0.25) is 0 Å². The van der Waals surface area contributed by atoms with Crippen LogP contribution in [-0.2, 0) is 6.54 Å². The Balaban J connectivity index is 1.67. The van der Waals surface area contributed by atoms with Gasteiger partial charge in [-0.15, -0.1) is 0 Å². The fourth-order valence-electron chi connectivity index (χ4n) is 3.56. The van der Waals surface area contributed by atoms with Gasteiger partial charge in [0.25, 0.3) is 0 Å². The third kappa shape index (κ3) is 3.28. The number of ether oxygens (including phenoxy) is 1. The van der Waals surface area contributed by atoms with Crippen molar-refractivity contribution >= 4 is 16.9 Å². The number of aromatic nitrogens is 3. The van der Waals surface area contributed by atoms with E-state index in [1.54, 1.807) is 19.7 Å². The van der Waals surface area contributed by atoms with Crippen molar-refractivity contribution in [2.45, 2.75) is 6.54 Å². The van der Waals surface area contributed by atoms with E-state index in [9.17, 15) is 0 Å². The van der Waals surface area contributed by atoms with E-state index in [-0.39, 0.29) is 0 Å². The van der Waals surface area contributed by atoms with Crippen LogP contribution < -0.4 is 10.1 Å².